The smallest absolute Gasteiger partial charge is 0.177 e. The lowest BCUT2D eigenvalue weighted by atomic mass is 10.3. The molecule has 4 rings (SSSR count). The van der Waals surface area contributed by atoms with Gasteiger partial charge in [0.1, 0.15) is 0 Å². The number of nitrogens with zero attached hydrogens (tertiary/aromatic N) is 4. The molecule has 0 atom stereocenters. The molecule has 0 aliphatic carbocycles. The first-order chi connectivity index (χ1) is 12.8. The highest BCUT2D eigenvalue weighted by Gasteiger charge is 2.19. The summed E-state index contributed by atoms with van der Waals surface area (Å²) in [7, 11) is 0. The molecule has 0 radical (unpaired) electrons. The van der Waals surface area contributed by atoms with Crippen LogP contribution in [0.1, 0.15) is 39.5 Å². The second-order valence-corrected chi connectivity index (χ2v) is 6.86. The molecule has 0 aliphatic rings. The minimum Gasteiger partial charge on any atom is -0.321 e. The molecule has 2 heterocycles. The van der Waals surface area contributed by atoms with Gasteiger partial charge in [-0.3, -0.25) is 0 Å². The monoisotopic (exact) mass is 346 g/mol. The molecule has 4 aromatic rings. The normalized spacial score (nSPS) is 11.6. The summed E-state index contributed by atoms with van der Waals surface area (Å²) in [5, 5.41) is 0. The third kappa shape index (κ3) is 2.90. The Morgan fingerprint density at radius 1 is 0.654 bits per heavy atom. The first-order valence-corrected chi connectivity index (χ1v) is 9.74. The van der Waals surface area contributed by atoms with Crippen LogP contribution >= 0.6 is 0 Å². The molecule has 0 saturated carbocycles. The van der Waals surface area contributed by atoms with E-state index in [4.69, 9.17) is 9.97 Å². The van der Waals surface area contributed by atoms with E-state index in [1.807, 2.05) is 0 Å². The molecule has 0 saturated heterocycles. The number of unbranched alkanes of at least 4 members (excludes halogenated alkanes) is 2. The minimum absolute atomic E-state index is 0.976. The lowest BCUT2D eigenvalue weighted by Crippen LogP contribution is -2.07. The van der Waals surface area contributed by atoms with Crippen molar-refractivity contribution in [3.8, 4) is 11.6 Å². The van der Waals surface area contributed by atoms with Gasteiger partial charge in [-0.1, -0.05) is 51.0 Å². The highest BCUT2D eigenvalue weighted by molar-refractivity contribution is 5.83. The molecule has 0 amide bonds. The van der Waals surface area contributed by atoms with Crippen LogP contribution in [0.3, 0.4) is 0 Å². The summed E-state index contributed by atoms with van der Waals surface area (Å²) in [6.45, 7) is 6.41. The predicted octanol–water partition coefficient (Wildman–Crippen LogP) is 5.65. The molecular formula is C22H26N4. The van der Waals surface area contributed by atoms with E-state index in [2.05, 4.69) is 71.5 Å². The van der Waals surface area contributed by atoms with Crippen molar-refractivity contribution in [2.24, 2.45) is 0 Å². The zero-order valence-corrected chi connectivity index (χ0v) is 15.7. The van der Waals surface area contributed by atoms with Crippen molar-refractivity contribution in [3.63, 3.8) is 0 Å². The molecule has 0 bridgehead atoms. The van der Waals surface area contributed by atoms with E-state index in [0.717, 1.165) is 61.5 Å². The van der Waals surface area contributed by atoms with Gasteiger partial charge in [0.05, 0.1) is 22.1 Å². The highest BCUT2D eigenvalue weighted by atomic mass is 15.2. The Hall–Kier alpha value is -2.62. The van der Waals surface area contributed by atoms with Crippen LogP contribution < -0.4 is 0 Å². The maximum Gasteiger partial charge on any atom is 0.177 e. The van der Waals surface area contributed by atoms with Gasteiger partial charge < -0.3 is 9.13 Å². The zero-order chi connectivity index (χ0) is 17.9. The molecule has 0 spiro atoms. The van der Waals surface area contributed by atoms with E-state index >= 15 is 0 Å². The minimum atomic E-state index is 0.976. The van der Waals surface area contributed by atoms with Crippen molar-refractivity contribution in [1.29, 1.82) is 0 Å². The Labute approximate surface area is 154 Å². The molecular weight excluding hydrogens is 320 g/mol. The van der Waals surface area contributed by atoms with Crippen molar-refractivity contribution >= 4 is 22.1 Å². The first-order valence-electron chi connectivity index (χ1n) is 9.74. The summed E-state index contributed by atoms with van der Waals surface area (Å²) < 4.78 is 4.70. The highest BCUT2D eigenvalue weighted by Crippen LogP contribution is 2.28. The Morgan fingerprint density at radius 3 is 1.50 bits per heavy atom. The van der Waals surface area contributed by atoms with E-state index in [0.29, 0.717) is 0 Å². The van der Waals surface area contributed by atoms with E-state index in [1.54, 1.807) is 0 Å². The van der Waals surface area contributed by atoms with Gasteiger partial charge in [-0.05, 0) is 37.1 Å². The standard InChI is InChI=1S/C22H26N4/c1-3-5-15-25-19-13-9-7-11-17(19)23-21(25)22-24-18-12-8-10-14-20(18)26(22)16-6-4-2/h7-14H,3-6,15-16H2,1-2H3. The average Bonchev–Trinajstić information content (AvgIpc) is 3.22. The molecule has 0 aliphatic heterocycles. The number of rotatable bonds is 7. The number of fused-ring (bicyclic) bond motifs is 2. The maximum absolute atomic E-state index is 4.98. The predicted molar refractivity (Wildman–Crippen MR) is 108 cm³/mol. The van der Waals surface area contributed by atoms with Crippen LogP contribution in [0.15, 0.2) is 48.5 Å². The fourth-order valence-corrected chi connectivity index (χ4v) is 3.58. The van der Waals surface area contributed by atoms with E-state index in [1.165, 1.54) is 11.0 Å². The van der Waals surface area contributed by atoms with Gasteiger partial charge in [-0.25, -0.2) is 9.97 Å². The summed E-state index contributed by atoms with van der Waals surface area (Å²) in [5.41, 5.74) is 4.50. The third-order valence-electron chi connectivity index (χ3n) is 4.98. The van der Waals surface area contributed by atoms with Crippen molar-refractivity contribution < 1.29 is 0 Å². The number of aryl methyl sites for hydroxylation is 2. The summed E-state index contributed by atoms with van der Waals surface area (Å²) in [6.07, 6.45) is 4.61. The van der Waals surface area contributed by atoms with Gasteiger partial charge in [0.25, 0.3) is 0 Å². The van der Waals surface area contributed by atoms with Crippen molar-refractivity contribution in [2.45, 2.75) is 52.6 Å². The topological polar surface area (TPSA) is 35.6 Å². The van der Waals surface area contributed by atoms with Gasteiger partial charge in [-0.2, -0.15) is 0 Å². The molecule has 2 aromatic carbocycles. The summed E-state index contributed by atoms with van der Waals surface area (Å²) >= 11 is 0. The average molecular weight is 346 g/mol. The molecule has 0 unspecified atom stereocenters. The van der Waals surface area contributed by atoms with Crippen LogP contribution in [0.4, 0.5) is 0 Å². The van der Waals surface area contributed by atoms with Gasteiger partial charge in [0.2, 0.25) is 0 Å². The molecule has 0 fully saturated rings. The fraction of sp³-hybridized carbons (Fsp3) is 0.364. The Bertz CT molecular complexity index is 941. The van der Waals surface area contributed by atoms with Crippen molar-refractivity contribution in [1.82, 2.24) is 19.1 Å². The maximum atomic E-state index is 4.98. The zero-order valence-electron chi connectivity index (χ0n) is 15.7. The largest absolute Gasteiger partial charge is 0.321 e. The number of hydrogen-bond donors (Lipinski definition) is 0. The fourth-order valence-electron chi connectivity index (χ4n) is 3.58. The van der Waals surface area contributed by atoms with Crippen molar-refractivity contribution in [3.05, 3.63) is 48.5 Å². The van der Waals surface area contributed by atoms with E-state index < -0.39 is 0 Å². The SMILES string of the molecule is CCCCn1c(-c2nc3ccccc3n2CCCC)nc2ccccc21. The van der Waals surface area contributed by atoms with Crippen LogP contribution in [0.2, 0.25) is 0 Å². The third-order valence-corrected chi connectivity index (χ3v) is 4.98. The molecule has 134 valence electrons. The second kappa shape index (κ2) is 7.32. The first kappa shape index (κ1) is 16.8. The second-order valence-electron chi connectivity index (χ2n) is 6.86. The van der Waals surface area contributed by atoms with Gasteiger partial charge in [-0.15, -0.1) is 0 Å². The number of hydrogen-bond acceptors (Lipinski definition) is 2. The Morgan fingerprint density at radius 2 is 1.08 bits per heavy atom. The van der Waals surface area contributed by atoms with E-state index in [-0.39, 0.29) is 0 Å². The summed E-state index contributed by atoms with van der Waals surface area (Å²) in [6, 6.07) is 16.8. The number of benzene rings is 2. The van der Waals surface area contributed by atoms with E-state index in [9.17, 15) is 0 Å². The van der Waals surface area contributed by atoms with Crippen LogP contribution in [-0.4, -0.2) is 19.1 Å². The molecule has 2 aromatic heterocycles. The lowest BCUT2D eigenvalue weighted by Gasteiger charge is -2.11. The van der Waals surface area contributed by atoms with Gasteiger partial charge in [0.15, 0.2) is 11.6 Å². The molecule has 26 heavy (non-hydrogen) atoms. The van der Waals surface area contributed by atoms with Crippen LogP contribution in [0.5, 0.6) is 0 Å². The van der Waals surface area contributed by atoms with Gasteiger partial charge in [0, 0.05) is 13.1 Å². The molecule has 0 N–H and O–H groups in total. The van der Waals surface area contributed by atoms with Crippen molar-refractivity contribution in [2.75, 3.05) is 0 Å². The van der Waals surface area contributed by atoms with Crippen LogP contribution in [-0.2, 0) is 13.1 Å². The van der Waals surface area contributed by atoms with Crippen LogP contribution in [0, 0.1) is 0 Å². The van der Waals surface area contributed by atoms with Gasteiger partial charge >= 0.3 is 0 Å². The molecule has 4 heteroatoms. The number of para-hydroxylation sites is 4. The Balaban J connectivity index is 1.94. The summed E-state index contributed by atoms with van der Waals surface area (Å²) in [4.78, 5) is 9.96. The number of imidazole rings is 2. The summed E-state index contributed by atoms with van der Waals surface area (Å²) in [5.74, 6) is 1.99. The number of aromatic nitrogens is 4. The lowest BCUT2D eigenvalue weighted by molar-refractivity contribution is 0.628. The van der Waals surface area contributed by atoms with Crippen LogP contribution in [0.25, 0.3) is 33.7 Å². The Kier molecular flexibility index (Phi) is 4.74. The molecule has 4 nitrogen and oxygen atoms in total. The quantitative estimate of drug-likeness (QED) is 0.433.